The fraction of sp³-hybridized carbons (Fsp3) is 0.200. The van der Waals surface area contributed by atoms with Gasteiger partial charge < -0.3 is 9.47 Å². The van der Waals surface area contributed by atoms with Gasteiger partial charge in [0.25, 0.3) is 0 Å². The zero-order valence-electron chi connectivity index (χ0n) is 18.2. The molecular formula is C25H23N3O4. The predicted molar refractivity (Wildman–Crippen MR) is 120 cm³/mol. The molecule has 1 aromatic heterocycles. The number of imide groups is 1. The highest BCUT2D eigenvalue weighted by Crippen LogP contribution is 2.25. The lowest BCUT2D eigenvalue weighted by molar-refractivity contribution is -0.117. The van der Waals surface area contributed by atoms with Crippen molar-refractivity contribution in [2.24, 2.45) is 0 Å². The van der Waals surface area contributed by atoms with Crippen LogP contribution in [0, 0.1) is 18.3 Å². The second kappa shape index (κ2) is 10.2. The molecule has 0 spiro atoms. The first-order valence-electron chi connectivity index (χ1n) is 10.1. The van der Waals surface area contributed by atoms with E-state index in [1.165, 1.54) is 7.11 Å². The number of ether oxygens (including phenoxy) is 2. The molecule has 2 amide bonds. The van der Waals surface area contributed by atoms with Crippen LogP contribution in [0.15, 0.2) is 60.8 Å². The minimum atomic E-state index is -0.743. The average molecular weight is 429 g/mol. The smallest absolute Gasteiger partial charge is 0.420 e. The van der Waals surface area contributed by atoms with Crippen molar-refractivity contribution in [1.82, 2.24) is 4.98 Å². The minimum Gasteiger partial charge on any atom is -0.457 e. The van der Waals surface area contributed by atoms with Gasteiger partial charge in [0.1, 0.15) is 11.5 Å². The molecule has 32 heavy (non-hydrogen) atoms. The van der Waals surface area contributed by atoms with E-state index in [9.17, 15) is 9.59 Å². The average Bonchev–Trinajstić information content (AvgIpc) is 2.82. The first kappa shape index (κ1) is 22.5. The number of nitrogens with zero attached hydrogens (tertiary/aromatic N) is 3. The van der Waals surface area contributed by atoms with Gasteiger partial charge in [0.05, 0.1) is 30.9 Å². The fourth-order valence-electron chi connectivity index (χ4n) is 3.25. The Morgan fingerprint density at radius 3 is 2.22 bits per heavy atom. The lowest BCUT2D eigenvalue weighted by atomic mass is 10.1. The van der Waals surface area contributed by atoms with Crippen molar-refractivity contribution in [2.45, 2.75) is 26.7 Å². The number of carbonyl (C=O) groups excluding carboxylic acids is 2. The Labute approximate surface area is 186 Å². The van der Waals surface area contributed by atoms with E-state index in [0.717, 1.165) is 21.7 Å². The first-order chi connectivity index (χ1) is 15.5. The number of hydrogen-bond acceptors (Lipinski definition) is 6. The highest BCUT2D eigenvalue weighted by atomic mass is 16.5. The van der Waals surface area contributed by atoms with E-state index in [-0.39, 0.29) is 6.42 Å². The van der Waals surface area contributed by atoms with Crippen molar-refractivity contribution in [2.75, 3.05) is 12.0 Å². The SMILES string of the molecule is CCc1nccc(N(C(=O)Cc2ccc(Oc3ccc(C#N)cc3)cc2)C(=O)OC)c1C. The summed E-state index contributed by atoms with van der Waals surface area (Å²) in [5, 5.41) is 8.87. The molecule has 2 aromatic carbocycles. The van der Waals surface area contributed by atoms with E-state index < -0.39 is 12.0 Å². The summed E-state index contributed by atoms with van der Waals surface area (Å²) >= 11 is 0. The molecule has 0 aliphatic carbocycles. The largest absolute Gasteiger partial charge is 0.457 e. The minimum absolute atomic E-state index is 0.00939. The normalized spacial score (nSPS) is 10.2. The highest BCUT2D eigenvalue weighted by molar-refractivity contribution is 6.13. The van der Waals surface area contributed by atoms with Crippen LogP contribution in [-0.2, 0) is 22.4 Å². The summed E-state index contributed by atoms with van der Waals surface area (Å²) in [7, 11) is 1.25. The molecule has 3 rings (SSSR count). The van der Waals surface area contributed by atoms with Crippen LogP contribution in [0.25, 0.3) is 0 Å². The van der Waals surface area contributed by atoms with Crippen LogP contribution in [0.2, 0.25) is 0 Å². The van der Waals surface area contributed by atoms with Crippen molar-refractivity contribution < 1.29 is 19.1 Å². The Kier molecular flexibility index (Phi) is 7.19. The highest BCUT2D eigenvalue weighted by Gasteiger charge is 2.26. The number of hydrogen-bond donors (Lipinski definition) is 0. The van der Waals surface area contributed by atoms with Gasteiger partial charge in [0.15, 0.2) is 0 Å². The first-order valence-corrected chi connectivity index (χ1v) is 10.1. The van der Waals surface area contributed by atoms with Gasteiger partial charge >= 0.3 is 6.09 Å². The fourth-order valence-corrected chi connectivity index (χ4v) is 3.25. The summed E-state index contributed by atoms with van der Waals surface area (Å²) < 4.78 is 10.6. The predicted octanol–water partition coefficient (Wildman–Crippen LogP) is 4.96. The standard InChI is InChI=1S/C25H23N3O4/c1-4-22-17(2)23(13-14-27-22)28(25(30)31-3)24(29)15-18-5-9-20(10-6-18)32-21-11-7-19(16-26)8-12-21/h5-14H,4,15H2,1-3H3. The van der Waals surface area contributed by atoms with Crippen molar-refractivity contribution in [3.63, 3.8) is 0 Å². The summed E-state index contributed by atoms with van der Waals surface area (Å²) in [6.45, 7) is 3.80. The second-order valence-electron chi connectivity index (χ2n) is 7.01. The van der Waals surface area contributed by atoms with Crippen LogP contribution in [0.1, 0.15) is 29.3 Å². The maximum Gasteiger partial charge on any atom is 0.420 e. The molecule has 0 saturated heterocycles. The molecule has 7 nitrogen and oxygen atoms in total. The van der Waals surface area contributed by atoms with Gasteiger partial charge in [-0.3, -0.25) is 9.78 Å². The van der Waals surface area contributed by atoms with Crippen molar-refractivity contribution in [3.8, 4) is 17.6 Å². The summed E-state index contributed by atoms with van der Waals surface area (Å²) in [4.78, 5) is 30.8. The number of carbonyl (C=O) groups is 2. The van der Waals surface area contributed by atoms with Gasteiger partial charge in [-0.1, -0.05) is 19.1 Å². The van der Waals surface area contributed by atoms with Gasteiger partial charge in [-0.2, -0.15) is 5.26 Å². The lowest BCUT2D eigenvalue weighted by Crippen LogP contribution is -2.38. The number of rotatable bonds is 6. The molecule has 0 aliphatic rings. The molecule has 0 unspecified atom stereocenters. The van der Waals surface area contributed by atoms with E-state index >= 15 is 0 Å². The maximum absolute atomic E-state index is 13.0. The van der Waals surface area contributed by atoms with E-state index in [1.807, 2.05) is 13.8 Å². The van der Waals surface area contributed by atoms with Crippen molar-refractivity contribution >= 4 is 17.7 Å². The number of aryl methyl sites for hydroxylation is 1. The monoisotopic (exact) mass is 429 g/mol. The number of amides is 2. The number of pyridine rings is 1. The Morgan fingerprint density at radius 1 is 1.03 bits per heavy atom. The third-order valence-electron chi connectivity index (χ3n) is 4.96. The number of anilines is 1. The van der Waals surface area contributed by atoms with Crippen LogP contribution in [0.5, 0.6) is 11.5 Å². The summed E-state index contributed by atoms with van der Waals surface area (Å²) in [5.41, 5.74) is 3.32. The number of benzene rings is 2. The van der Waals surface area contributed by atoms with Gasteiger partial charge in [0.2, 0.25) is 5.91 Å². The van der Waals surface area contributed by atoms with Gasteiger partial charge in [-0.25, -0.2) is 9.69 Å². The Hall–Kier alpha value is -4.18. The van der Waals surface area contributed by atoms with Gasteiger partial charge in [0, 0.05) is 11.9 Å². The zero-order chi connectivity index (χ0) is 23.1. The molecule has 0 aliphatic heterocycles. The lowest BCUT2D eigenvalue weighted by Gasteiger charge is -2.22. The molecule has 7 heteroatoms. The van der Waals surface area contributed by atoms with Crippen LogP contribution < -0.4 is 9.64 Å². The summed E-state index contributed by atoms with van der Waals surface area (Å²) in [6.07, 6.45) is 1.53. The van der Waals surface area contributed by atoms with Crippen LogP contribution in [0.3, 0.4) is 0 Å². The van der Waals surface area contributed by atoms with Crippen molar-refractivity contribution in [1.29, 1.82) is 5.26 Å². The zero-order valence-corrected chi connectivity index (χ0v) is 18.2. The van der Waals surface area contributed by atoms with E-state index in [1.54, 1.807) is 60.8 Å². The second-order valence-corrected chi connectivity index (χ2v) is 7.01. The molecule has 3 aromatic rings. The Balaban J connectivity index is 1.76. The molecule has 0 N–H and O–H groups in total. The molecule has 0 saturated carbocycles. The van der Waals surface area contributed by atoms with E-state index in [0.29, 0.717) is 29.2 Å². The third-order valence-corrected chi connectivity index (χ3v) is 4.96. The molecule has 0 radical (unpaired) electrons. The van der Waals surface area contributed by atoms with Gasteiger partial charge in [-0.15, -0.1) is 0 Å². The Morgan fingerprint density at radius 2 is 1.66 bits per heavy atom. The van der Waals surface area contributed by atoms with Crippen LogP contribution in [-0.4, -0.2) is 24.1 Å². The quantitative estimate of drug-likeness (QED) is 0.550. The molecular weight excluding hydrogens is 406 g/mol. The maximum atomic E-state index is 13.0. The van der Waals surface area contributed by atoms with E-state index in [4.69, 9.17) is 14.7 Å². The number of nitriles is 1. The third kappa shape index (κ3) is 5.10. The molecule has 0 atom stereocenters. The van der Waals surface area contributed by atoms with Crippen LogP contribution >= 0.6 is 0 Å². The van der Waals surface area contributed by atoms with E-state index in [2.05, 4.69) is 11.1 Å². The number of methoxy groups -OCH3 is 1. The molecule has 1 heterocycles. The number of aromatic nitrogens is 1. The van der Waals surface area contributed by atoms with Crippen LogP contribution in [0.4, 0.5) is 10.5 Å². The summed E-state index contributed by atoms with van der Waals surface area (Å²) in [5.74, 6) is 0.784. The van der Waals surface area contributed by atoms with Gasteiger partial charge in [-0.05, 0) is 66.9 Å². The molecule has 0 fully saturated rings. The molecule has 162 valence electrons. The summed E-state index contributed by atoms with van der Waals surface area (Å²) in [6, 6.07) is 17.5. The molecule has 0 bridgehead atoms. The Bertz CT molecular complexity index is 1150. The topological polar surface area (TPSA) is 92.5 Å². The van der Waals surface area contributed by atoms with Crippen molar-refractivity contribution in [3.05, 3.63) is 83.2 Å².